The number of rotatable bonds is 5. The van der Waals surface area contributed by atoms with Gasteiger partial charge in [0.15, 0.2) is 0 Å². The number of benzene rings is 1. The van der Waals surface area contributed by atoms with Crippen molar-refractivity contribution in [2.75, 3.05) is 18.9 Å². The molecular formula is C19H23N3O3. The molecule has 2 N–H and O–H groups in total. The van der Waals surface area contributed by atoms with Crippen LogP contribution >= 0.6 is 0 Å². The van der Waals surface area contributed by atoms with Crippen LogP contribution in [0.1, 0.15) is 25.7 Å². The minimum absolute atomic E-state index is 0.301. The maximum atomic E-state index is 12.3. The number of para-hydroxylation sites is 1. The lowest BCUT2D eigenvalue weighted by atomic mass is 10.0. The third-order valence-electron chi connectivity index (χ3n) is 4.34. The summed E-state index contributed by atoms with van der Waals surface area (Å²) >= 11 is 0. The average molecular weight is 341 g/mol. The Bertz CT molecular complexity index is 715. The number of hydrogen-bond acceptors (Lipinski definition) is 4. The van der Waals surface area contributed by atoms with E-state index >= 15 is 0 Å². The minimum Gasteiger partial charge on any atom is -0.439 e. The van der Waals surface area contributed by atoms with E-state index in [0.717, 1.165) is 25.7 Å². The van der Waals surface area contributed by atoms with Crippen LogP contribution in [0.5, 0.6) is 11.6 Å². The fourth-order valence-electron chi connectivity index (χ4n) is 3.06. The van der Waals surface area contributed by atoms with E-state index in [9.17, 15) is 9.90 Å². The molecule has 0 radical (unpaired) electrons. The van der Waals surface area contributed by atoms with Gasteiger partial charge in [-0.3, -0.25) is 5.32 Å². The zero-order chi connectivity index (χ0) is 17.7. The van der Waals surface area contributed by atoms with E-state index < -0.39 is 5.60 Å². The average Bonchev–Trinajstić information content (AvgIpc) is 3.02. The summed E-state index contributed by atoms with van der Waals surface area (Å²) in [7, 11) is 1.68. The van der Waals surface area contributed by atoms with Gasteiger partial charge in [0.1, 0.15) is 11.6 Å². The van der Waals surface area contributed by atoms with Crippen LogP contribution < -0.4 is 10.1 Å². The number of nitrogens with zero attached hydrogens (tertiary/aromatic N) is 2. The highest BCUT2D eigenvalue weighted by molar-refractivity contribution is 5.88. The molecule has 0 saturated heterocycles. The predicted octanol–water partition coefficient (Wildman–Crippen LogP) is 3.64. The van der Waals surface area contributed by atoms with Crippen LogP contribution in [-0.2, 0) is 0 Å². The second-order valence-electron chi connectivity index (χ2n) is 6.49. The number of amides is 2. The van der Waals surface area contributed by atoms with Gasteiger partial charge in [0.05, 0.1) is 12.1 Å². The normalized spacial score (nSPS) is 15.6. The van der Waals surface area contributed by atoms with E-state index in [0.29, 0.717) is 24.0 Å². The Balaban J connectivity index is 1.60. The molecule has 1 saturated carbocycles. The van der Waals surface area contributed by atoms with Crippen molar-refractivity contribution in [2.24, 2.45) is 0 Å². The molecule has 1 aromatic heterocycles. The van der Waals surface area contributed by atoms with Crippen LogP contribution in [0.2, 0.25) is 0 Å². The van der Waals surface area contributed by atoms with Gasteiger partial charge in [-0.25, -0.2) is 4.79 Å². The molecule has 25 heavy (non-hydrogen) atoms. The molecule has 1 heterocycles. The highest BCUT2D eigenvalue weighted by atomic mass is 16.5. The second kappa shape index (κ2) is 7.53. The van der Waals surface area contributed by atoms with Gasteiger partial charge in [0, 0.05) is 13.1 Å². The van der Waals surface area contributed by atoms with E-state index in [-0.39, 0.29) is 6.03 Å². The molecule has 0 unspecified atom stereocenters. The number of carbonyl (C=O) groups excluding carboxylic acids is 1. The van der Waals surface area contributed by atoms with Crippen molar-refractivity contribution in [2.45, 2.75) is 31.3 Å². The second-order valence-corrected chi connectivity index (χ2v) is 6.49. The molecule has 132 valence electrons. The first-order valence-electron chi connectivity index (χ1n) is 8.49. The van der Waals surface area contributed by atoms with Crippen molar-refractivity contribution >= 4 is 11.8 Å². The summed E-state index contributed by atoms with van der Waals surface area (Å²) in [5.41, 5.74) is -0.766. The third-order valence-corrected chi connectivity index (χ3v) is 4.34. The van der Waals surface area contributed by atoms with Crippen LogP contribution in [0.3, 0.4) is 0 Å². The lowest BCUT2D eigenvalue weighted by molar-refractivity contribution is 0.0261. The van der Waals surface area contributed by atoms with Gasteiger partial charge >= 0.3 is 6.03 Å². The van der Waals surface area contributed by atoms with E-state index in [1.165, 1.54) is 4.90 Å². The summed E-state index contributed by atoms with van der Waals surface area (Å²) in [6.45, 7) is 0.318. The van der Waals surface area contributed by atoms with Gasteiger partial charge in [-0.2, -0.15) is 4.98 Å². The van der Waals surface area contributed by atoms with Crippen LogP contribution in [0.4, 0.5) is 10.6 Å². The topological polar surface area (TPSA) is 74.7 Å². The Morgan fingerprint density at radius 1 is 1.20 bits per heavy atom. The van der Waals surface area contributed by atoms with Gasteiger partial charge in [0.2, 0.25) is 5.88 Å². The molecule has 2 amide bonds. The van der Waals surface area contributed by atoms with Crippen molar-refractivity contribution in [3.05, 3.63) is 48.5 Å². The molecular weight excluding hydrogens is 318 g/mol. The zero-order valence-corrected chi connectivity index (χ0v) is 14.3. The Morgan fingerprint density at radius 2 is 1.92 bits per heavy atom. The fraction of sp³-hybridized carbons (Fsp3) is 0.368. The van der Waals surface area contributed by atoms with Crippen LogP contribution in [0.15, 0.2) is 48.5 Å². The summed E-state index contributed by atoms with van der Waals surface area (Å²) in [5.74, 6) is 1.49. The predicted molar refractivity (Wildman–Crippen MR) is 95.8 cm³/mol. The van der Waals surface area contributed by atoms with Gasteiger partial charge in [-0.15, -0.1) is 0 Å². The molecule has 1 fully saturated rings. The van der Waals surface area contributed by atoms with Gasteiger partial charge in [0.25, 0.3) is 0 Å². The number of nitrogens with one attached hydrogen (secondary N) is 1. The number of urea groups is 1. The number of pyridine rings is 1. The maximum absolute atomic E-state index is 12.3. The van der Waals surface area contributed by atoms with Crippen molar-refractivity contribution in [1.82, 2.24) is 9.88 Å². The van der Waals surface area contributed by atoms with E-state index in [1.54, 1.807) is 25.2 Å². The van der Waals surface area contributed by atoms with Gasteiger partial charge in [-0.05, 0) is 31.0 Å². The standard InChI is InChI=1S/C19H23N3O3/c1-22(14-19(24)12-5-6-13-19)18(23)21-16-10-7-11-17(20-16)25-15-8-3-2-4-9-15/h2-4,7-11,24H,5-6,12-14H2,1H3,(H,20,21,23). The molecule has 3 rings (SSSR count). The Kier molecular flexibility index (Phi) is 5.19. The first-order valence-corrected chi connectivity index (χ1v) is 8.49. The monoisotopic (exact) mass is 341 g/mol. The van der Waals surface area contributed by atoms with E-state index in [1.807, 2.05) is 30.3 Å². The van der Waals surface area contributed by atoms with Gasteiger partial charge < -0.3 is 14.7 Å². The van der Waals surface area contributed by atoms with Crippen molar-refractivity contribution < 1.29 is 14.6 Å². The van der Waals surface area contributed by atoms with E-state index in [4.69, 9.17) is 4.74 Å². The first-order chi connectivity index (χ1) is 12.0. The number of ether oxygens (including phenoxy) is 1. The Labute approximate surface area is 147 Å². The minimum atomic E-state index is -0.766. The molecule has 0 spiro atoms. The molecule has 6 heteroatoms. The molecule has 0 atom stereocenters. The van der Waals surface area contributed by atoms with Crippen molar-refractivity contribution in [1.29, 1.82) is 0 Å². The highest BCUT2D eigenvalue weighted by Crippen LogP contribution is 2.30. The van der Waals surface area contributed by atoms with Crippen molar-refractivity contribution in [3.63, 3.8) is 0 Å². The number of carbonyl (C=O) groups is 1. The molecule has 6 nitrogen and oxygen atoms in total. The molecule has 1 aromatic carbocycles. The lowest BCUT2D eigenvalue weighted by Gasteiger charge is -2.28. The Hall–Kier alpha value is -2.60. The quantitative estimate of drug-likeness (QED) is 0.870. The number of hydrogen-bond donors (Lipinski definition) is 2. The first kappa shape index (κ1) is 17.2. The molecule has 1 aliphatic carbocycles. The number of likely N-dealkylation sites (N-methyl/N-ethyl adjacent to an activating group) is 1. The maximum Gasteiger partial charge on any atom is 0.322 e. The summed E-state index contributed by atoms with van der Waals surface area (Å²) in [6, 6.07) is 14.2. The largest absolute Gasteiger partial charge is 0.439 e. The number of aliphatic hydroxyl groups is 1. The molecule has 1 aliphatic rings. The Morgan fingerprint density at radius 3 is 2.64 bits per heavy atom. The molecule has 0 aliphatic heterocycles. The summed E-state index contributed by atoms with van der Waals surface area (Å²) in [6.07, 6.45) is 3.49. The smallest absolute Gasteiger partial charge is 0.322 e. The molecule has 0 bridgehead atoms. The lowest BCUT2D eigenvalue weighted by Crippen LogP contribution is -2.43. The fourth-order valence-corrected chi connectivity index (χ4v) is 3.06. The van der Waals surface area contributed by atoms with Gasteiger partial charge in [-0.1, -0.05) is 37.1 Å². The third kappa shape index (κ3) is 4.70. The van der Waals surface area contributed by atoms with Crippen LogP contribution in [-0.4, -0.2) is 40.2 Å². The summed E-state index contributed by atoms with van der Waals surface area (Å²) in [5, 5.41) is 13.2. The zero-order valence-electron chi connectivity index (χ0n) is 14.3. The van der Waals surface area contributed by atoms with Crippen LogP contribution in [0.25, 0.3) is 0 Å². The summed E-state index contributed by atoms with van der Waals surface area (Å²) in [4.78, 5) is 18.1. The van der Waals surface area contributed by atoms with Crippen molar-refractivity contribution in [3.8, 4) is 11.6 Å². The summed E-state index contributed by atoms with van der Waals surface area (Å²) < 4.78 is 5.67. The molecule has 2 aromatic rings. The SMILES string of the molecule is CN(CC1(O)CCCC1)C(=O)Nc1cccc(Oc2ccccc2)n1. The van der Waals surface area contributed by atoms with Crippen LogP contribution in [0, 0.1) is 0 Å². The number of aromatic nitrogens is 1. The highest BCUT2D eigenvalue weighted by Gasteiger charge is 2.33. The number of anilines is 1. The van der Waals surface area contributed by atoms with E-state index in [2.05, 4.69) is 10.3 Å².